The zero-order valence-corrected chi connectivity index (χ0v) is 14.2. The molecule has 22 heavy (non-hydrogen) atoms. The average Bonchev–Trinajstić information content (AvgIpc) is 2.41. The molecule has 0 fully saturated rings. The minimum absolute atomic E-state index is 0.0931. The molecule has 0 bridgehead atoms. The van der Waals surface area contributed by atoms with Gasteiger partial charge in [0.2, 0.25) is 11.8 Å². The van der Waals surface area contributed by atoms with Gasteiger partial charge in [-0.2, -0.15) is 0 Å². The topological polar surface area (TPSA) is 120 Å². The second-order valence-corrected chi connectivity index (χ2v) is 5.97. The number of hydrogen-bond acceptors (Lipinski definition) is 3. The van der Waals surface area contributed by atoms with Crippen LogP contribution in [0.25, 0.3) is 0 Å². The zero-order chi connectivity index (χ0) is 17.1. The van der Waals surface area contributed by atoms with Crippen LogP contribution in [0.3, 0.4) is 0 Å². The Hall–Kier alpha value is -1.79. The van der Waals surface area contributed by atoms with Gasteiger partial charge < -0.3 is 21.7 Å². The van der Waals surface area contributed by atoms with Gasteiger partial charge in [0.25, 0.3) is 0 Å². The molecule has 128 valence electrons. The predicted octanol–water partition coefficient (Wildman–Crippen LogP) is 0.553. The van der Waals surface area contributed by atoms with E-state index in [1.54, 1.807) is 0 Å². The highest BCUT2D eigenvalue weighted by molar-refractivity contribution is 5.88. The third kappa shape index (κ3) is 9.20. The number of hydrogen-bond donors (Lipinski definition) is 5. The van der Waals surface area contributed by atoms with Crippen LogP contribution in [-0.4, -0.2) is 36.9 Å². The van der Waals surface area contributed by atoms with E-state index in [1.807, 2.05) is 13.8 Å². The number of carbonyl (C=O) groups excluding carboxylic acids is 2. The Morgan fingerprint density at radius 3 is 2.27 bits per heavy atom. The van der Waals surface area contributed by atoms with Crippen molar-refractivity contribution in [3.63, 3.8) is 0 Å². The third-order valence-electron chi connectivity index (χ3n) is 3.24. The SMILES string of the molecule is CCNC(=O)[C@H](CCCNC(=N)N)NC(=O)C(C)CC(C)C. The van der Waals surface area contributed by atoms with Crippen LogP contribution in [0.2, 0.25) is 0 Å². The molecule has 7 nitrogen and oxygen atoms in total. The van der Waals surface area contributed by atoms with Gasteiger partial charge in [0.1, 0.15) is 6.04 Å². The lowest BCUT2D eigenvalue weighted by atomic mass is 9.97. The Labute approximate surface area is 133 Å². The smallest absolute Gasteiger partial charge is 0.242 e. The quantitative estimate of drug-likeness (QED) is 0.230. The standard InChI is InChI=1S/C15H31N5O2/c1-5-18-14(22)12(7-6-8-19-15(16)17)20-13(21)11(4)9-10(2)3/h10-12H,5-9H2,1-4H3,(H,18,22)(H,20,21)(H4,16,17,19)/t11?,12-/m0/s1. The van der Waals surface area contributed by atoms with Crippen LogP contribution in [-0.2, 0) is 9.59 Å². The van der Waals surface area contributed by atoms with Crippen molar-refractivity contribution in [3.05, 3.63) is 0 Å². The summed E-state index contributed by atoms with van der Waals surface area (Å²) in [6, 6.07) is -0.546. The molecule has 0 saturated carbocycles. The molecule has 0 spiro atoms. The van der Waals surface area contributed by atoms with Gasteiger partial charge in [-0.1, -0.05) is 20.8 Å². The molecule has 7 heteroatoms. The van der Waals surface area contributed by atoms with E-state index in [2.05, 4.69) is 29.8 Å². The summed E-state index contributed by atoms with van der Waals surface area (Å²) in [6.07, 6.45) is 1.94. The van der Waals surface area contributed by atoms with Crippen molar-refractivity contribution in [2.75, 3.05) is 13.1 Å². The summed E-state index contributed by atoms with van der Waals surface area (Å²) < 4.78 is 0. The number of carbonyl (C=O) groups is 2. The van der Waals surface area contributed by atoms with Gasteiger partial charge in [0.15, 0.2) is 5.96 Å². The summed E-state index contributed by atoms with van der Waals surface area (Å²) in [5.74, 6) is -0.0419. The maximum absolute atomic E-state index is 12.2. The fourth-order valence-corrected chi connectivity index (χ4v) is 2.22. The van der Waals surface area contributed by atoms with Crippen LogP contribution in [0.15, 0.2) is 0 Å². The van der Waals surface area contributed by atoms with Gasteiger partial charge >= 0.3 is 0 Å². The first-order chi connectivity index (χ1) is 10.3. The molecule has 0 aliphatic heterocycles. The normalized spacial score (nSPS) is 13.3. The first kappa shape index (κ1) is 20.2. The van der Waals surface area contributed by atoms with Crippen LogP contribution in [0.5, 0.6) is 0 Å². The molecule has 0 aromatic carbocycles. The first-order valence-corrected chi connectivity index (χ1v) is 7.93. The van der Waals surface area contributed by atoms with Crippen molar-refractivity contribution >= 4 is 17.8 Å². The molecule has 0 radical (unpaired) electrons. The average molecular weight is 313 g/mol. The van der Waals surface area contributed by atoms with Crippen molar-refractivity contribution in [3.8, 4) is 0 Å². The monoisotopic (exact) mass is 313 g/mol. The summed E-state index contributed by atoms with van der Waals surface area (Å²) in [5, 5.41) is 15.3. The summed E-state index contributed by atoms with van der Waals surface area (Å²) in [4.78, 5) is 24.2. The van der Waals surface area contributed by atoms with Crippen molar-refractivity contribution in [1.29, 1.82) is 5.41 Å². The second kappa shape index (κ2) is 10.9. The number of rotatable bonds is 10. The van der Waals surface area contributed by atoms with Crippen LogP contribution >= 0.6 is 0 Å². The Balaban J connectivity index is 4.48. The molecule has 0 heterocycles. The van der Waals surface area contributed by atoms with Gasteiger partial charge in [-0.25, -0.2) is 0 Å². The molecule has 6 N–H and O–H groups in total. The Morgan fingerprint density at radius 2 is 1.77 bits per heavy atom. The molecule has 2 atom stereocenters. The minimum atomic E-state index is -0.546. The minimum Gasteiger partial charge on any atom is -0.370 e. The molecular weight excluding hydrogens is 282 g/mol. The summed E-state index contributed by atoms with van der Waals surface area (Å²) in [6.45, 7) is 8.88. The van der Waals surface area contributed by atoms with E-state index in [-0.39, 0.29) is 23.7 Å². The molecule has 0 aromatic rings. The zero-order valence-electron chi connectivity index (χ0n) is 14.2. The first-order valence-electron chi connectivity index (χ1n) is 7.93. The number of amides is 2. The molecular formula is C15H31N5O2. The van der Waals surface area contributed by atoms with Crippen LogP contribution in [0.1, 0.15) is 47.0 Å². The molecule has 0 saturated heterocycles. The Bertz CT molecular complexity index is 371. The maximum atomic E-state index is 12.2. The number of nitrogens with two attached hydrogens (primary N) is 1. The summed E-state index contributed by atoms with van der Waals surface area (Å²) in [7, 11) is 0. The fraction of sp³-hybridized carbons (Fsp3) is 0.800. The lowest BCUT2D eigenvalue weighted by Crippen LogP contribution is -2.48. The van der Waals surface area contributed by atoms with E-state index < -0.39 is 6.04 Å². The van der Waals surface area contributed by atoms with Crippen LogP contribution in [0.4, 0.5) is 0 Å². The lowest BCUT2D eigenvalue weighted by molar-refractivity contribution is -0.131. The highest BCUT2D eigenvalue weighted by Crippen LogP contribution is 2.11. The van der Waals surface area contributed by atoms with E-state index in [1.165, 1.54) is 0 Å². The molecule has 0 aliphatic rings. The van der Waals surface area contributed by atoms with E-state index in [9.17, 15) is 9.59 Å². The largest absolute Gasteiger partial charge is 0.370 e. The number of guanidine groups is 1. The van der Waals surface area contributed by atoms with E-state index in [0.717, 1.165) is 6.42 Å². The van der Waals surface area contributed by atoms with Gasteiger partial charge in [-0.05, 0) is 32.1 Å². The fourth-order valence-electron chi connectivity index (χ4n) is 2.22. The maximum Gasteiger partial charge on any atom is 0.242 e. The van der Waals surface area contributed by atoms with E-state index >= 15 is 0 Å². The number of nitrogens with one attached hydrogen (secondary N) is 4. The lowest BCUT2D eigenvalue weighted by Gasteiger charge is -2.21. The third-order valence-corrected chi connectivity index (χ3v) is 3.24. The van der Waals surface area contributed by atoms with Gasteiger partial charge in [0.05, 0.1) is 0 Å². The van der Waals surface area contributed by atoms with Crippen molar-refractivity contribution in [1.82, 2.24) is 16.0 Å². The predicted molar refractivity (Wildman–Crippen MR) is 88.4 cm³/mol. The Kier molecular flexibility index (Phi) is 9.98. The van der Waals surface area contributed by atoms with E-state index in [0.29, 0.717) is 31.8 Å². The molecule has 0 aromatic heterocycles. The highest BCUT2D eigenvalue weighted by Gasteiger charge is 2.23. The number of likely N-dealkylation sites (N-methyl/N-ethyl adjacent to an activating group) is 1. The molecule has 0 rings (SSSR count). The Morgan fingerprint density at radius 1 is 1.14 bits per heavy atom. The van der Waals surface area contributed by atoms with Crippen LogP contribution in [0, 0.1) is 17.2 Å². The van der Waals surface area contributed by atoms with Gasteiger partial charge in [-0.3, -0.25) is 15.0 Å². The van der Waals surface area contributed by atoms with Gasteiger partial charge in [-0.15, -0.1) is 0 Å². The second-order valence-electron chi connectivity index (χ2n) is 5.97. The van der Waals surface area contributed by atoms with Crippen molar-refractivity contribution in [2.45, 2.75) is 53.0 Å². The van der Waals surface area contributed by atoms with Crippen molar-refractivity contribution in [2.24, 2.45) is 17.6 Å². The van der Waals surface area contributed by atoms with Crippen molar-refractivity contribution < 1.29 is 9.59 Å². The highest BCUT2D eigenvalue weighted by atomic mass is 16.2. The van der Waals surface area contributed by atoms with Crippen LogP contribution < -0.4 is 21.7 Å². The summed E-state index contributed by atoms with van der Waals surface area (Å²) in [5.41, 5.74) is 5.21. The van der Waals surface area contributed by atoms with E-state index in [4.69, 9.17) is 11.1 Å². The summed E-state index contributed by atoms with van der Waals surface area (Å²) >= 11 is 0. The molecule has 1 unspecified atom stereocenters. The molecule has 2 amide bonds. The van der Waals surface area contributed by atoms with Gasteiger partial charge in [0, 0.05) is 19.0 Å². The molecule has 0 aliphatic carbocycles.